The molecule has 15 heavy (non-hydrogen) atoms. The Morgan fingerprint density at radius 1 is 1.60 bits per heavy atom. The Morgan fingerprint density at radius 3 is 2.80 bits per heavy atom. The van der Waals surface area contributed by atoms with E-state index in [4.69, 9.17) is 9.84 Å². The molecule has 5 nitrogen and oxygen atoms in total. The molecule has 3 aliphatic rings. The molecule has 3 fully saturated rings. The number of carbonyl (C=O) groups excluding carboxylic acids is 1. The van der Waals surface area contributed by atoms with Crippen LogP contribution in [0.15, 0.2) is 12.7 Å². The summed E-state index contributed by atoms with van der Waals surface area (Å²) in [7, 11) is 0. The van der Waals surface area contributed by atoms with Gasteiger partial charge < -0.3 is 9.84 Å². The van der Waals surface area contributed by atoms with Crippen molar-refractivity contribution >= 4 is 12.1 Å². The van der Waals surface area contributed by atoms with Gasteiger partial charge in [0.1, 0.15) is 12.1 Å². The molecular weight excluding hydrogens is 198 g/mol. The zero-order valence-electron chi connectivity index (χ0n) is 8.31. The zero-order chi connectivity index (χ0) is 11.1. The van der Waals surface area contributed by atoms with Gasteiger partial charge in [-0.15, -0.1) is 0 Å². The van der Waals surface area contributed by atoms with Gasteiger partial charge in [0.15, 0.2) is 0 Å². The van der Waals surface area contributed by atoms with E-state index in [9.17, 15) is 9.59 Å². The third kappa shape index (κ3) is 1.30. The third-order valence-electron chi connectivity index (χ3n) is 3.15. The molecule has 1 aliphatic carbocycles. The molecule has 1 amide bonds. The summed E-state index contributed by atoms with van der Waals surface area (Å²) in [5.41, 5.74) is -0.983. The van der Waals surface area contributed by atoms with E-state index < -0.39 is 17.6 Å². The monoisotopic (exact) mass is 211 g/mol. The van der Waals surface area contributed by atoms with Crippen LogP contribution >= 0.6 is 0 Å². The molecule has 0 aromatic carbocycles. The SMILES string of the molecule is C=CCOC(=O)N1CC2CC1(C(=O)O)C2. The maximum atomic E-state index is 11.5. The second-order valence-corrected chi connectivity index (χ2v) is 4.09. The summed E-state index contributed by atoms with van der Waals surface area (Å²) in [6, 6.07) is 0. The summed E-state index contributed by atoms with van der Waals surface area (Å²) in [4.78, 5) is 24.0. The number of hydrogen-bond acceptors (Lipinski definition) is 3. The molecule has 0 atom stereocenters. The molecule has 0 radical (unpaired) electrons. The molecule has 5 heteroatoms. The van der Waals surface area contributed by atoms with Crippen LogP contribution in [0, 0.1) is 5.92 Å². The molecule has 2 bridgehead atoms. The minimum atomic E-state index is -0.983. The van der Waals surface area contributed by atoms with Gasteiger partial charge in [0.25, 0.3) is 0 Å². The molecule has 2 heterocycles. The first-order valence-corrected chi connectivity index (χ1v) is 4.89. The van der Waals surface area contributed by atoms with Crippen molar-refractivity contribution in [2.45, 2.75) is 18.4 Å². The minimum absolute atomic E-state index is 0.121. The normalized spacial score (nSPS) is 32.0. The van der Waals surface area contributed by atoms with Gasteiger partial charge in [-0.3, -0.25) is 4.90 Å². The highest BCUT2D eigenvalue weighted by atomic mass is 16.6. The number of aliphatic carboxylic acids is 1. The summed E-state index contributed by atoms with van der Waals surface area (Å²) in [6.07, 6.45) is 2.04. The van der Waals surface area contributed by atoms with Crippen molar-refractivity contribution in [2.24, 2.45) is 5.92 Å². The molecule has 2 saturated heterocycles. The van der Waals surface area contributed by atoms with Gasteiger partial charge in [-0.05, 0) is 18.8 Å². The van der Waals surface area contributed by atoms with Crippen LogP contribution in [-0.4, -0.2) is 40.8 Å². The van der Waals surface area contributed by atoms with Crippen LogP contribution in [0.5, 0.6) is 0 Å². The number of fused-ring (bicyclic) bond motifs is 1. The molecule has 0 unspecified atom stereocenters. The lowest BCUT2D eigenvalue weighted by Crippen LogP contribution is -2.54. The highest BCUT2D eigenvalue weighted by Crippen LogP contribution is 2.50. The van der Waals surface area contributed by atoms with E-state index in [-0.39, 0.29) is 6.61 Å². The standard InChI is InChI=1S/C10H13NO4/c1-2-3-15-9(14)11-6-7-4-10(11,5-7)8(12)13/h2,7H,1,3-6H2,(H,12,13). The maximum absolute atomic E-state index is 11.5. The summed E-state index contributed by atoms with van der Waals surface area (Å²) in [5.74, 6) is -0.593. The van der Waals surface area contributed by atoms with Gasteiger partial charge in [0, 0.05) is 6.54 Å². The Bertz CT molecular complexity index is 319. The van der Waals surface area contributed by atoms with Crippen LogP contribution in [0.25, 0.3) is 0 Å². The van der Waals surface area contributed by atoms with Crippen molar-refractivity contribution in [3.63, 3.8) is 0 Å². The van der Waals surface area contributed by atoms with Crippen LogP contribution in [-0.2, 0) is 9.53 Å². The lowest BCUT2D eigenvalue weighted by Gasteiger charge is -2.37. The van der Waals surface area contributed by atoms with Crippen LogP contribution in [0.2, 0.25) is 0 Å². The van der Waals surface area contributed by atoms with Crippen molar-refractivity contribution < 1.29 is 19.4 Å². The van der Waals surface area contributed by atoms with E-state index in [0.29, 0.717) is 25.3 Å². The summed E-state index contributed by atoms with van der Waals surface area (Å²) >= 11 is 0. The fourth-order valence-electron chi connectivity index (χ4n) is 2.43. The number of ether oxygens (including phenoxy) is 1. The molecular formula is C10H13NO4. The van der Waals surface area contributed by atoms with Crippen molar-refractivity contribution in [3.8, 4) is 0 Å². The highest BCUT2D eigenvalue weighted by Gasteiger charge is 2.63. The molecule has 3 rings (SSSR count). The zero-order valence-corrected chi connectivity index (χ0v) is 8.31. The van der Waals surface area contributed by atoms with Crippen LogP contribution in [0.3, 0.4) is 0 Å². The molecule has 0 spiro atoms. The van der Waals surface area contributed by atoms with Crippen LogP contribution in [0.4, 0.5) is 4.79 Å². The van der Waals surface area contributed by atoms with Crippen molar-refractivity contribution in [1.29, 1.82) is 0 Å². The number of nitrogens with zero attached hydrogens (tertiary/aromatic N) is 1. The average molecular weight is 211 g/mol. The van der Waals surface area contributed by atoms with E-state index in [1.165, 1.54) is 11.0 Å². The number of rotatable bonds is 3. The Labute approximate surface area is 87.3 Å². The Kier molecular flexibility index (Phi) is 2.17. The molecule has 82 valence electrons. The van der Waals surface area contributed by atoms with Crippen molar-refractivity contribution in [1.82, 2.24) is 4.90 Å². The average Bonchev–Trinajstić information content (AvgIpc) is 2.67. The van der Waals surface area contributed by atoms with Gasteiger partial charge in [-0.2, -0.15) is 0 Å². The Hall–Kier alpha value is -1.52. The highest BCUT2D eigenvalue weighted by molar-refractivity contribution is 5.87. The van der Waals surface area contributed by atoms with E-state index in [1.807, 2.05) is 0 Å². The fourth-order valence-corrected chi connectivity index (χ4v) is 2.43. The number of carbonyl (C=O) groups is 2. The molecule has 0 aromatic rings. The van der Waals surface area contributed by atoms with E-state index in [2.05, 4.69) is 6.58 Å². The van der Waals surface area contributed by atoms with Gasteiger partial charge >= 0.3 is 12.1 Å². The first-order chi connectivity index (χ1) is 7.10. The number of carboxylic acids is 1. The third-order valence-corrected chi connectivity index (χ3v) is 3.15. The second kappa shape index (κ2) is 3.25. The smallest absolute Gasteiger partial charge is 0.411 e. The van der Waals surface area contributed by atoms with Crippen molar-refractivity contribution in [3.05, 3.63) is 12.7 Å². The molecule has 2 aliphatic heterocycles. The van der Waals surface area contributed by atoms with E-state index in [0.717, 1.165) is 0 Å². The number of hydrogen-bond donors (Lipinski definition) is 1. The largest absolute Gasteiger partial charge is 0.479 e. The Morgan fingerprint density at radius 2 is 2.27 bits per heavy atom. The Balaban J connectivity index is 2.06. The molecule has 1 saturated carbocycles. The van der Waals surface area contributed by atoms with Gasteiger partial charge in [-0.1, -0.05) is 12.7 Å². The second-order valence-electron chi connectivity index (χ2n) is 4.09. The number of amides is 1. The topological polar surface area (TPSA) is 66.8 Å². The van der Waals surface area contributed by atoms with Gasteiger partial charge in [-0.25, -0.2) is 9.59 Å². The lowest BCUT2D eigenvalue weighted by atomic mass is 9.73. The first kappa shape index (κ1) is 10.0. The summed E-state index contributed by atoms with van der Waals surface area (Å²) in [5, 5.41) is 9.09. The van der Waals surface area contributed by atoms with Crippen LogP contribution in [0.1, 0.15) is 12.8 Å². The lowest BCUT2D eigenvalue weighted by molar-refractivity contribution is -0.151. The maximum Gasteiger partial charge on any atom is 0.411 e. The van der Waals surface area contributed by atoms with E-state index >= 15 is 0 Å². The van der Waals surface area contributed by atoms with Crippen molar-refractivity contribution in [2.75, 3.05) is 13.2 Å². The summed E-state index contributed by atoms with van der Waals surface area (Å²) < 4.78 is 4.85. The predicted molar refractivity (Wildman–Crippen MR) is 51.3 cm³/mol. The molecule has 0 aromatic heterocycles. The predicted octanol–water partition coefficient (Wildman–Crippen LogP) is 0.858. The summed E-state index contributed by atoms with van der Waals surface area (Å²) in [6.45, 7) is 4.05. The first-order valence-electron chi connectivity index (χ1n) is 4.89. The van der Waals surface area contributed by atoms with Crippen LogP contribution < -0.4 is 0 Å². The molecule has 1 N–H and O–H groups in total. The number of carboxylic acid groups (broad SMARTS) is 1. The fraction of sp³-hybridized carbons (Fsp3) is 0.600. The quantitative estimate of drug-likeness (QED) is 0.703. The minimum Gasteiger partial charge on any atom is -0.479 e. The van der Waals surface area contributed by atoms with Gasteiger partial charge in [0.2, 0.25) is 0 Å². The van der Waals surface area contributed by atoms with Gasteiger partial charge in [0.05, 0.1) is 0 Å². The van der Waals surface area contributed by atoms with E-state index in [1.54, 1.807) is 0 Å².